The van der Waals surface area contributed by atoms with Gasteiger partial charge in [-0.1, -0.05) is 64.7 Å². The molecule has 0 aromatic carbocycles. The lowest BCUT2D eigenvalue weighted by Gasteiger charge is -2.05. The fraction of sp³-hybridized carbons (Fsp3) is 0.714. The Labute approximate surface area is 170 Å². The molecule has 2 N–H and O–H groups in total. The molecule has 1 heterocycles. The number of unbranched alkanes of at least 4 members (excludes halogenated alkanes) is 9. The molecule has 1 aromatic rings. The van der Waals surface area contributed by atoms with Crippen LogP contribution in [0.25, 0.3) is 0 Å². The topological polar surface area (TPSA) is 87.4 Å². The number of aromatic nitrogens is 1. The van der Waals surface area contributed by atoms with Crippen LogP contribution in [0.3, 0.4) is 0 Å². The zero-order valence-corrected chi connectivity index (χ0v) is 18.1. The Kier molecular flexibility index (Phi) is 12.7. The van der Waals surface area contributed by atoms with E-state index in [4.69, 9.17) is 4.55 Å². The Morgan fingerprint density at radius 1 is 0.929 bits per heavy atom. The fourth-order valence-electron chi connectivity index (χ4n) is 3.10. The Hall–Kier alpha value is -1.47. The standard InChI is InChI=1S/C21H36N2O4S/c1-2-3-4-5-6-7-8-9-10-11-15-22-21(24)20-13-17-23(18-14-20)16-12-19-28(25,26)27/h13-14,17-18H,2-12,15-16,19H2,1H3,(H-,22,24,25,26,27)/p+1. The van der Waals surface area contributed by atoms with E-state index in [0.29, 0.717) is 25.1 Å². The zero-order valence-electron chi connectivity index (χ0n) is 17.2. The van der Waals surface area contributed by atoms with Crippen LogP contribution in [0.2, 0.25) is 0 Å². The van der Waals surface area contributed by atoms with Gasteiger partial charge < -0.3 is 5.32 Å². The first-order chi connectivity index (χ1) is 13.4. The number of carbonyl (C=O) groups excluding carboxylic acids is 1. The third-order valence-corrected chi connectivity index (χ3v) is 5.59. The van der Waals surface area contributed by atoms with Crippen molar-refractivity contribution in [3.05, 3.63) is 30.1 Å². The second kappa shape index (κ2) is 14.5. The van der Waals surface area contributed by atoms with Crippen molar-refractivity contribution in [1.82, 2.24) is 5.32 Å². The first-order valence-corrected chi connectivity index (χ1v) is 12.3. The van der Waals surface area contributed by atoms with Crippen LogP contribution in [0.5, 0.6) is 0 Å². The predicted molar refractivity (Wildman–Crippen MR) is 112 cm³/mol. The average molecular weight is 414 g/mol. The molecule has 160 valence electrons. The van der Waals surface area contributed by atoms with E-state index in [1.807, 2.05) is 0 Å². The van der Waals surface area contributed by atoms with Crippen LogP contribution < -0.4 is 9.88 Å². The molecule has 1 aromatic heterocycles. The molecule has 7 heteroatoms. The lowest BCUT2D eigenvalue weighted by atomic mass is 10.1. The second-order valence-corrected chi connectivity index (χ2v) is 8.97. The highest BCUT2D eigenvalue weighted by Gasteiger charge is 2.10. The maximum absolute atomic E-state index is 12.1. The van der Waals surface area contributed by atoms with Gasteiger partial charge in [-0.05, 0) is 6.42 Å². The van der Waals surface area contributed by atoms with Crippen LogP contribution in [-0.4, -0.2) is 31.2 Å². The van der Waals surface area contributed by atoms with Crippen LogP contribution in [0, 0.1) is 0 Å². The normalized spacial score (nSPS) is 11.5. The zero-order chi connectivity index (χ0) is 20.7. The van der Waals surface area contributed by atoms with Crippen molar-refractivity contribution in [2.24, 2.45) is 0 Å². The Morgan fingerprint density at radius 2 is 1.46 bits per heavy atom. The smallest absolute Gasteiger partial charge is 0.265 e. The number of nitrogens with zero attached hydrogens (tertiary/aromatic N) is 1. The highest BCUT2D eigenvalue weighted by atomic mass is 32.2. The highest BCUT2D eigenvalue weighted by molar-refractivity contribution is 7.85. The number of hydrogen-bond donors (Lipinski definition) is 2. The number of hydrogen-bond acceptors (Lipinski definition) is 3. The van der Waals surface area contributed by atoms with Crippen molar-refractivity contribution < 1.29 is 22.3 Å². The molecule has 0 spiro atoms. The molecule has 1 amide bonds. The number of aryl methyl sites for hydroxylation is 1. The first kappa shape index (κ1) is 24.6. The molecular formula is C21H37N2O4S+. The molecule has 6 nitrogen and oxygen atoms in total. The van der Waals surface area contributed by atoms with Gasteiger partial charge in [-0.2, -0.15) is 8.42 Å². The number of amides is 1. The summed E-state index contributed by atoms with van der Waals surface area (Å²) in [6.07, 6.45) is 16.6. The average Bonchev–Trinajstić information content (AvgIpc) is 2.65. The maximum Gasteiger partial charge on any atom is 0.265 e. The minimum absolute atomic E-state index is 0.0824. The number of nitrogens with one attached hydrogen (secondary N) is 1. The van der Waals surface area contributed by atoms with Gasteiger partial charge in [-0.25, -0.2) is 4.57 Å². The van der Waals surface area contributed by atoms with Crippen LogP contribution in [0.4, 0.5) is 0 Å². The molecule has 0 bridgehead atoms. The summed E-state index contributed by atoms with van der Waals surface area (Å²) in [5.74, 6) is -0.345. The van der Waals surface area contributed by atoms with E-state index in [1.165, 1.54) is 51.4 Å². The summed E-state index contributed by atoms with van der Waals surface area (Å²) in [6, 6.07) is 3.45. The minimum atomic E-state index is -3.92. The van der Waals surface area contributed by atoms with Gasteiger partial charge in [-0.15, -0.1) is 0 Å². The fourth-order valence-corrected chi connectivity index (χ4v) is 3.60. The van der Waals surface area contributed by atoms with Crippen molar-refractivity contribution in [2.45, 2.75) is 84.1 Å². The van der Waals surface area contributed by atoms with Gasteiger partial charge in [0.1, 0.15) is 6.54 Å². The molecule has 0 aliphatic rings. The van der Waals surface area contributed by atoms with Gasteiger partial charge in [0.05, 0.1) is 11.3 Å². The molecule has 0 atom stereocenters. The number of pyridine rings is 1. The Bertz CT molecular complexity index is 645. The summed E-state index contributed by atoms with van der Waals surface area (Å²) in [5, 5.41) is 2.95. The Morgan fingerprint density at radius 3 is 2.00 bits per heavy atom. The van der Waals surface area contributed by atoms with E-state index < -0.39 is 10.1 Å². The molecule has 0 unspecified atom stereocenters. The first-order valence-electron chi connectivity index (χ1n) is 10.6. The van der Waals surface area contributed by atoms with Crippen LogP contribution in [0.15, 0.2) is 24.5 Å². The van der Waals surface area contributed by atoms with E-state index in [2.05, 4.69) is 12.2 Å². The van der Waals surface area contributed by atoms with Crippen molar-refractivity contribution in [2.75, 3.05) is 12.3 Å². The highest BCUT2D eigenvalue weighted by Crippen LogP contribution is 2.10. The predicted octanol–water partition coefficient (Wildman–Crippen LogP) is 3.90. The van der Waals surface area contributed by atoms with Crippen molar-refractivity contribution in [1.29, 1.82) is 0 Å². The third kappa shape index (κ3) is 12.8. The summed E-state index contributed by atoms with van der Waals surface area (Å²) >= 11 is 0. The van der Waals surface area contributed by atoms with Gasteiger partial charge in [0, 0.05) is 25.1 Å². The SMILES string of the molecule is CCCCCCCCCCCCNC(=O)c1cc[n+](CCCS(=O)(=O)O)cc1. The minimum Gasteiger partial charge on any atom is -0.352 e. The summed E-state index contributed by atoms with van der Waals surface area (Å²) in [5.41, 5.74) is 0.595. The van der Waals surface area contributed by atoms with Gasteiger partial charge in [0.15, 0.2) is 12.4 Å². The van der Waals surface area contributed by atoms with Crippen molar-refractivity contribution >= 4 is 16.0 Å². The molecule has 0 aliphatic carbocycles. The molecule has 0 fully saturated rings. The van der Waals surface area contributed by atoms with Crippen LogP contribution in [0.1, 0.15) is 87.9 Å². The summed E-state index contributed by atoms with van der Waals surface area (Å²) in [6.45, 7) is 3.41. The third-order valence-electron chi connectivity index (χ3n) is 4.79. The summed E-state index contributed by atoms with van der Waals surface area (Å²) < 4.78 is 31.9. The molecule has 0 aliphatic heterocycles. The lowest BCUT2D eigenvalue weighted by molar-refractivity contribution is -0.696. The van der Waals surface area contributed by atoms with Gasteiger partial charge >= 0.3 is 0 Å². The van der Waals surface area contributed by atoms with Gasteiger partial charge in [-0.3, -0.25) is 9.35 Å². The van der Waals surface area contributed by atoms with E-state index >= 15 is 0 Å². The number of rotatable bonds is 16. The van der Waals surface area contributed by atoms with Crippen LogP contribution in [-0.2, 0) is 16.7 Å². The van der Waals surface area contributed by atoms with Crippen LogP contribution >= 0.6 is 0 Å². The molecular weight excluding hydrogens is 376 g/mol. The Balaban J connectivity index is 2.09. The van der Waals surface area contributed by atoms with E-state index in [-0.39, 0.29) is 11.7 Å². The largest absolute Gasteiger partial charge is 0.352 e. The quantitative estimate of drug-likeness (QED) is 0.244. The summed E-state index contributed by atoms with van der Waals surface area (Å²) in [7, 11) is -3.92. The molecule has 0 saturated carbocycles. The maximum atomic E-state index is 12.1. The lowest BCUT2D eigenvalue weighted by Crippen LogP contribution is -2.34. The van der Waals surface area contributed by atoms with Gasteiger partial charge in [0.25, 0.3) is 16.0 Å². The monoisotopic (exact) mass is 413 g/mol. The van der Waals surface area contributed by atoms with Crippen molar-refractivity contribution in [3.8, 4) is 0 Å². The molecule has 0 radical (unpaired) electrons. The van der Waals surface area contributed by atoms with Gasteiger partial charge in [0.2, 0.25) is 0 Å². The molecule has 0 saturated heterocycles. The van der Waals surface area contributed by atoms with Crippen molar-refractivity contribution in [3.63, 3.8) is 0 Å². The van der Waals surface area contributed by atoms with E-state index in [0.717, 1.165) is 12.8 Å². The van der Waals surface area contributed by atoms with E-state index in [1.54, 1.807) is 29.1 Å². The second-order valence-electron chi connectivity index (χ2n) is 7.40. The van der Waals surface area contributed by atoms with E-state index in [9.17, 15) is 13.2 Å². The molecule has 28 heavy (non-hydrogen) atoms. The summed E-state index contributed by atoms with van der Waals surface area (Å²) in [4.78, 5) is 12.1. The number of carbonyl (C=O) groups is 1. The molecule has 1 rings (SSSR count).